The fraction of sp³-hybridized carbons (Fsp3) is 0.400. The number of hydrogen-bond donors (Lipinski definition) is 1. The van der Waals surface area contributed by atoms with Crippen molar-refractivity contribution < 1.29 is 22.7 Å². The van der Waals surface area contributed by atoms with E-state index in [1.165, 1.54) is 10.6 Å². The summed E-state index contributed by atoms with van der Waals surface area (Å²) in [5.41, 5.74) is 0.444. The number of nitrogens with one attached hydrogen (secondary N) is 1. The Kier molecular flexibility index (Phi) is 7.05. The van der Waals surface area contributed by atoms with Gasteiger partial charge in [-0.3, -0.25) is 9.78 Å². The minimum atomic E-state index is -3.18. The lowest BCUT2D eigenvalue weighted by atomic mass is 10.1. The third-order valence-electron chi connectivity index (χ3n) is 4.59. The average molecular weight is 420 g/mol. The van der Waals surface area contributed by atoms with Gasteiger partial charge in [-0.25, -0.2) is 12.7 Å². The van der Waals surface area contributed by atoms with E-state index >= 15 is 0 Å². The van der Waals surface area contributed by atoms with Gasteiger partial charge in [-0.05, 0) is 37.1 Å². The van der Waals surface area contributed by atoms with Crippen molar-refractivity contribution in [1.82, 2.24) is 14.6 Å². The number of para-hydroxylation sites is 1. The Labute approximate surface area is 170 Å². The fourth-order valence-corrected chi connectivity index (χ4v) is 3.95. The standard InChI is InChI=1S/C20H25N3O5S/c1-29(25,26)23-12-8-16(9-13-23)28-19-7-3-2-6-18(19)20(24)22-11-14-27-17-5-4-10-21-15-17/h2-7,10,15-16H,8-9,11-14H2,1H3,(H,22,24). The Morgan fingerprint density at radius 2 is 1.97 bits per heavy atom. The summed E-state index contributed by atoms with van der Waals surface area (Å²) in [6, 6.07) is 10.6. The summed E-state index contributed by atoms with van der Waals surface area (Å²) >= 11 is 0. The van der Waals surface area contributed by atoms with Crippen molar-refractivity contribution in [3.63, 3.8) is 0 Å². The molecular weight excluding hydrogens is 394 g/mol. The molecule has 0 saturated carbocycles. The number of nitrogens with zero attached hydrogens (tertiary/aromatic N) is 2. The maximum atomic E-state index is 12.6. The molecular formula is C20H25N3O5S. The number of sulfonamides is 1. The SMILES string of the molecule is CS(=O)(=O)N1CCC(Oc2ccccc2C(=O)NCCOc2cccnc2)CC1. The molecule has 9 heteroatoms. The first-order chi connectivity index (χ1) is 13.9. The molecule has 0 atom stereocenters. The number of hydrogen-bond acceptors (Lipinski definition) is 6. The van der Waals surface area contributed by atoms with Gasteiger partial charge in [0.25, 0.3) is 5.91 Å². The van der Waals surface area contributed by atoms with Crippen molar-refractivity contribution in [2.45, 2.75) is 18.9 Å². The molecule has 2 heterocycles. The summed E-state index contributed by atoms with van der Waals surface area (Å²) < 4.78 is 36.3. The summed E-state index contributed by atoms with van der Waals surface area (Å²) in [6.07, 6.45) is 5.53. The summed E-state index contributed by atoms with van der Waals surface area (Å²) in [5.74, 6) is 0.894. The Balaban J connectivity index is 1.51. The number of benzene rings is 1. The Morgan fingerprint density at radius 3 is 2.66 bits per heavy atom. The zero-order chi connectivity index (χ0) is 20.7. The molecule has 1 saturated heterocycles. The van der Waals surface area contributed by atoms with Crippen molar-refractivity contribution in [3.05, 3.63) is 54.4 Å². The molecule has 1 aromatic carbocycles. The summed E-state index contributed by atoms with van der Waals surface area (Å²) in [4.78, 5) is 16.5. The third-order valence-corrected chi connectivity index (χ3v) is 5.89. The molecule has 1 fully saturated rings. The van der Waals surface area contributed by atoms with Gasteiger partial charge >= 0.3 is 0 Å². The minimum absolute atomic E-state index is 0.129. The number of carbonyl (C=O) groups excluding carboxylic acids is 1. The van der Waals surface area contributed by atoms with Gasteiger partial charge in [0, 0.05) is 19.3 Å². The van der Waals surface area contributed by atoms with Gasteiger partial charge in [-0.2, -0.15) is 0 Å². The van der Waals surface area contributed by atoms with E-state index in [1.807, 2.05) is 6.07 Å². The first-order valence-corrected chi connectivity index (χ1v) is 11.3. The maximum Gasteiger partial charge on any atom is 0.255 e. The number of carbonyl (C=O) groups is 1. The van der Waals surface area contributed by atoms with Gasteiger partial charge in [-0.15, -0.1) is 0 Å². The van der Waals surface area contributed by atoms with Crippen molar-refractivity contribution in [3.8, 4) is 11.5 Å². The molecule has 1 amide bonds. The van der Waals surface area contributed by atoms with Crippen LogP contribution in [0.5, 0.6) is 11.5 Å². The van der Waals surface area contributed by atoms with E-state index in [-0.39, 0.29) is 12.0 Å². The Bertz CT molecular complexity index is 913. The fourth-order valence-electron chi connectivity index (χ4n) is 3.08. The molecule has 3 rings (SSSR count). The van der Waals surface area contributed by atoms with E-state index in [9.17, 15) is 13.2 Å². The number of aromatic nitrogens is 1. The quantitative estimate of drug-likeness (QED) is 0.654. The largest absolute Gasteiger partial charge is 0.490 e. The number of ether oxygens (including phenoxy) is 2. The van der Waals surface area contributed by atoms with E-state index in [1.54, 1.807) is 42.7 Å². The number of amides is 1. The number of piperidine rings is 1. The van der Waals surface area contributed by atoms with Crippen LogP contribution >= 0.6 is 0 Å². The highest BCUT2D eigenvalue weighted by atomic mass is 32.2. The second kappa shape index (κ2) is 9.71. The number of rotatable bonds is 8. The van der Waals surface area contributed by atoms with Crippen LogP contribution in [0.1, 0.15) is 23.2 Å². The maximum absolute atomic E-state index is 12.6. The third kappa shape index (κ3) is 6.16. The first-order valence-electron chi connectivity index (χ1n) is 9.45. The van der Waals surface area contributed by atoms with E-state index < -0.39 is 10.0 Å². The van der Waals surface area contributed by atoms with Crippen molar-refractivity contribution >= 4 is 15.9 Å². The predicted molar refractivity (Wildman–Crippen MR) is 109 cm³/mol. The van der Waals surface area contributed by atoms with E-state index in [0.717, 1.165) is 0 Å². The van der Waals surface area contributed by atoms with Crippen LogP contribution in [0.3, 0.4) is 0 Å². The zero-order valence-corrected chi connectivity index (χ0v) is 17.1. The van der Waals surface area contributed by atoms with Gasteiger partial charge in [0.15, 0.2) is 0 Å². The first kappa shape index (κ1) is 21.1. The van der Waals surface area contributed by atoms with Crippen molar-refractivity contribution in [2.75, 3.05) is 32.5 Å². The second-order valence-electron chi connectivity index (χ2n) is 6.77. The molecule has 29 heavy (non-hydrogen) atoms. The van der Waals surface area contributed by atoms with Gasteiger partial charge in [0.1, 0.15) is 24.2 Å². The lowest BCUT2D eigenvalue weighted by Gasteiger charge is -2.30. The molecule has 0 aliphatic carbocycles. The normalized spacial score (nSPS) is 15.6. The van der Waals surface area contributed by atoms with E-state index in [0.29, 0.717) is 56.1 Å². The highest BCUT2D eigenvalue weighted by molar-refractivity contribution is 7.88. The number of pyridine rings is 1. The molecule has 1 aliphatic rings. The van der Waals surface area contributed by atoms with Crippen LogP contribution in [0, 0.1) is 0 Å². The van der Waals surface area contributed by atoms with Crippen LogP contribution in [0.2, 0.25) is 0 Å². The Morgan fingerprint density at radius 1 is 1.21 bits per heavy atom. The van der Waals surface area contributed by atoms with E-state index in [4.69, 9.17) is 9.47 Å². The summed E-state index contributed by atoms with van der Waals surface area (Å²) in [7, 11) is -3.18. The van der Waals surface area contributed by atoms with Gasteiger partial charge in [0.2, 0.25) is 10.0 Å². The highest BCUT2D eigenvalue weighted by Gasteiger charge is 2.26. The second-order valence-corrected chi connectivity index (χ2v) is 8.75. The Hall–Kier alpha value is -2.65. The van der Waals surface area contributed by atoms with Gasteiger partial charge in [0.05, 0.1) is 24.6 Å². The molecule has 8 nitrogen and oxygen atoms in total. The highest BCUT2D eigenvalue weighted by Crippen LogP contribution is 2.24. The molecule has 1 N–H and O–H groups in total. The molecule has 156 valence electrons. The summed E-state index contributed by atoms with van der Waals surface area (Å²) in [5, 5.41) is 2.82. The predicted octanol–water partition coefficient (Wildman–Crippen LogP) is 1.69. The lowest BCUT2D eigenvalue weighted by Crippen LogP contribution is -2.41. The zero-order valence-electron chi connectivity index (χ0n) is 16.3. The molecule has 2 aromatic rings. The molecule has 0 spiro atoms. The monoisotopic (exact) mass is 419 g/mol. The smallest absolute Gasteiger partial charge is 0.255 e. The molecule has 0 bridgehead atoms. The van der Waals surface area contributed by atoms with Crippen LogP contribution in [-0.4, -0.2) is 62.2 Å². The van der Waals surface area contributed by atoms with Crippen LogP contribution in [0.15, 0.2) is 48.8 Å². The molecule has 1 aromatic heterocycles. The molecule has 1 aliphatic heterocycles. The minimum Gasteiger partial charge on any atom is -0.490 e. The van der Waals surface area contributed by atoms with Gasteiger partial charge in [-0.1, -0.05) is 12.1 Å². The lowest BCUT2D eigenvalue weighted by molar-refractivity contribution is 0.0932. The average Bonchev–Trinajstić information content (AvgIpc) is 2.72. The van der Waals surface area contributed by atoms with E-state index in [2.05, 4.69) is 10.3 Å². The molecule has 0 unspecified atom stereocenters. The van der Waals surface area contributed by atoms with Crippen LogP contribution in [-0.2, 0) is 10.0 Å². The van der Waals surface area contributed by atoms with Crippen molar-refractivity contribution in [2.24, 2.45) is 0 Å². The molecule has 0 radical (unpaired) electrons. The van der Waals surface area contributed by atoms with Crippen molar-refractivity contribution in [1.29, 1.82) is 0 Å². The van der Waals surface area contributed by atoms with Gasteiger partial charge < -0.3 is 14.8 Å². The van der Waals surface area contributed by atoms with Crippen LogP contribution in [0.4, 0.5) is 0 Å². The van der Waals surface area contributed by atoms with Crippen LogP contribution < -0.4 is 14.8 Å². The summed E-state index contributed by atoms with van der Waals surface area (Å²) in [6.45, 7) is 1.51. The van der Waals surface area contributed by atoms with Crippen LogP contribution in [0.25, 0.3) is 0 Å². The topological polar surface area (TPSA) is 97.8 Å².